The van der Waals surface area contributed by atoms with Crippen LogP contribution in [0.2, 0.25) is 0 Å². The highest BCUT2D eigenvalue weighted by Crippen LogP contribution is 1.97. The van der Waals surface area contributed by atoms with Crippen molar-refractivity contribution in [2.75, 3.05) is 24.7 Å². The Balaban J connectivity index is 3.41. The molecule has 2 unspecified atom stereocenters. The third-order valence-electron chi connectivity index (χ3n) is 1.63. The Labute approximate surface area is 83.5 Å². The van der Waals surface area contributed by atoms with Crippen molar-refractivity contribution >= 4 is 10.8 Å². The second-order valence-electron chi connectivity index (χ2n) is 3.57. The Morgan fingerprint density at radius 1 is 1.38 bits per heavy atom. The SMILES string of the molecule is CC(CN)CS(=O)CCOC(C)C. The molecule has 0 spiro atoms. The van der Waals surface area contributed by atoms with Crippen LogP contribution in [-0.4, -0.2) is 35.0 Å². The molecule has 80 valence electrons. The van der Waals surface area contributed by atoms with Gasteiger partial charge >= 0.3 is 0 Å². The largest absolute Gasteiger partial charge is 0.378 e. The number of nitrogens with two attached hydrogens (primary N) is 1. The summed E-state index contributed by atoms with van der Waals surface area (Å²) in [4.78, 5) is 0. The van der Waals surface area contributed by atoms with Gasteiger partial charge < -0.3 is 10.5 Å². The Kier molecular flexibility index (Phi) is 7.51. The van der Waals surface area contributed by atoms with Crippen molar-refractivity contribution in [1.29, 1.82) is 0 Å². The molecule has 0 aromatic carbocycles. The lowest BCUT2D eigenvalue weighted by Gasteiger charge is -2.09. The summed E-state index contributed by atoms with van der Waals surface area (Å²) in [7, 11) is -0.771. The van der Waals surface area contributed by atoms with E-state index >= 15 is 0 Å². The van der Waals surface area contributed by atoms with Crippen LogP contribution in [0.25, 0.3) is 0 Å². The predicted molar refractivity (Wildman–Crippen MR) is 57.2 cm³/mol. The summed E-state index contributed by atoms with van der Waals surface area (Å²) >= 11 is 0. The quantitative estimate of drug-likeness (QED) is 0.670. The number of rotatable bonds is 7. The molecule has 0 aliphatic carbocycles. The molecule has 0 bridgehead atoms. The Morgan fingerprint density at radius 3 is 2.46 bits per heavy atom. The van der Waals surface area contributed by atoms with Crippen molar-refractivity contribution in [2.24, 2.45) is 11.7 Å². The molecule has 0 heterocycles. The molecule has 0 saturated heterocycles. The fourth-order valence-corrected chi connectivity index (χ4v) is 2.07. The molecule has 0 amide bonds. The van der Waals surface area contributed by atoms with Gasteiger partial charge in [0.25, 0.3) is 0 Å². The van der Waals surface area contributed by atoms with Gasteiger partial charge in [0.2, 0.25) is 0 Å². The van der Waals surface area contributed by atoms with Crippen LogP contribution in [0.3, 0.4) is 0 Å². The first-order valence-electron chi connectivity index (χ1n) is 4.73. The fraction of sp³-hybridized carbons (Fsp3) is 1.00. The van der Waals surface area contributed by atoms with Crippen LogP contribution in [0.5, 0.6) is 0 Å². The van der Waals surface area contributed by atoms with Gasteiger partial charge in [0.05, 0.1) is 12.7 Å². The van der Waals surface area contributed by atoms with Crippen LogP contribution in [0.4, 0.5) is 0 Å². The van der Waals surface area contributed by atoms with Crippen molar-refractivity contribution in [1.82, 2.24) is 0 Å². The zero-order valence-electron chi connectivity index (χ0n) is 8.79. The van der Waals surface area contributed by atoms with E-state index in [1.807, 2.05) is 20.8 Å². The van der Waals surface area contributed by atoms with E-state index in [0.717, 1.165) is 0 Å². The molecule has 0 rings (SSSR count). The number of hydrogen-bond acceptors (Lipinski definition) is 3. The minimum atomic E-state index is -0.771. The monoisotopic (exact) mass is 207 g/mol. The van der Waals surface area contributed by atoms with E-state index in [4.69, 9.17) is 10.5 Å². The summed E-state index contributed by atoms with van der Waals surface area (Å²) in [6, 6.07) is 0. The zero-order valence-corrected chi connectivity index (χ0v) is 9.60. The molecule has 4 heteroatoms. The minimum Gasteiger partial charge on any atom is -0.378 e. The molecule has 0 aliphatic heterocycles. The molecule has 2 atom stereocenters. The summed E-state index contributed by atoms with van der Waals surface area (Å²) in [5, 5.41) is 0. The average molecular weight is 207 g/mol. The predicted octanol–water partition coefficient (Wildman–Crippen LogP) is 0.755. The Morgan fingerprint density at radius 2 is 2.00 bits per heavy atom. The third-order valence-corrected chi connectivity index (χ3v) is 3.20. The van der Waals surface area contributed by atoms with E-state index in [1.165, 1.54) is 0 Å². The molecular weight excluding hydrogens is 186 g/mol. The van der Waals surface area contributed by atoms with Gasteiger partial charge in [-0.1, -0.05) is 6.92 Å². The summed E-state index contributed by atoms with van der Waals surface area (Å²) < 4.78 is 16.7. The van der Waals surface area contributed by atoms with Crippen molar-refractivity contribution in [3.05, 3.63) is 0 Å². The topological polar surface area (TPSA) is 52.3 Å². The van der Waals surface area contributed by atoms with Gasteiger partial charge in [0.15, 0.2) is 0 Å². The first-order valence-corrected chi connectivity index (χ1v) is 6.21. The zero-order chi connectivity index (χ0) is 10.3. The first-order chi connectivity index (χ1) is 6.06. The van der Waals surface area contributed by atoms with E-state index in [0.29, 0.717) is 30.6 Å². The van der Waals surface area contributed by atoms with Crippen molar-refractivity contribution in [3.63, 3.8) is 0 Å². The van der Waals surface area contributed by atoms with E-state index in [2.05, 4.69) is 0 Å². The molecule has 3 nitrogen and oxygen atoms in total. The van der Waals surface area contributed by atoms with E-state index in [1.54, 1.807) is 0 Å². The van der Waals surface area contributed by atoms with Crippen LogP contribution in [0, 0.1) is 5.92 Å². The summed E-state index contributed by atoms with van der Waals surface area (Å²) in [5.74, 6) is 1.67. The van der Waals surface area contributed by atoms with Gasteiger partial charge in [-0.3, -0.25) is 4.21 Å². The summed E-state index contributed by atoms with van der Waals surface area (Å²) in [6.07, 6.45) is 0.226. The van der Waals surface area contributed by atoms with Crippen LogP contribution >= 0.6 is 0 Å². The van der Waals surface area contributed by atoms with Gasteiger partial charge in [-0.05, 0) is 26.3 Å². The highest BCUT2D eigenvalue weighted by Gasteiger charge is 2.06. The summed E-state index contributed by atoms with van der Waals surface area (Å²) in [5.41, 5.74) is 5.43. The van der Waals surface area contributed by atoms with Crippen molar-refractivity contribution < 1.29 is 8.95 Å². The number of ether oxygens (including phenoxy) is 1. The maximum Gasteiger partial charge on any atom is 0.0585 e. The van der Waals surface area contributed by atoms with Gasteiger partial charge in [-0.15, -0.1) is 0 Å². The van der Waals surface area contributed by atoms with Crippen molar-refractivity contribution in [2.45, 2.75) is 26.9 Å². The van der Waals surface area contributed by atoms with Gasteiger partial charge in [0, 0.05) is 22.3 Å². The van der Waals surface area contributed by atoms with Gasteiger partial charge in [0.1, 0.15) is 0 Å². The molecule has 0 aliphatic rings. The molecular formula is C9H21NO2S. The lowest BCUT2D eigenvalue weighted by molar-refractivity contribution is 0.0916. The first kappa shape index (κ1) is 13.1. The minimum absolute atomic E-state index is 0.226. The molecule has 0 fully saturated rings. The second-order valence-corrected chi connectivity index (χ2v) is 5.19. The maximum atomic E-state index is 11.4. The fourth-order valence-electron chi connectivity index (χ4n) is 0.845. The van der Waals surface area contributed by atoms with E-state index < -0.39 is 10.8 Å². The van der Waals surface area contributed by atoms with Crippen LogP contribution in [-0.2, 0) is 15.5 Å². The molecule has 0 aromatic rings. The third kappa shape index (κ3) is 8.40. The molecule has 2 N–H and O–H groups in total. The molecule has 0 saturated carbocycles. The highest BCUT2D eigenvalue weighted by atomic mass is 32.2. The van der Waals surface area contributed by atoms with Crippen LogP contribution in [0.15, 0.2) is 0 Å². The normalized spacial score (nSPS) is 16.1. The van der Waals surface area contributed by atoms with Crippen molar-refractivity contribution in [3.8, 4) is 0 Å². The van der Waals surface area contributed by atoms with Crippen LogP contribution < -0.4 is 5.73 Å². The Hall–Kier alpha value is 0.0700. The Bertz CT molecular complexity index is 151. The highest BCUT2D eigenvalue weighted by molar-refractivity contribution is 7.85. The molecule has 0 aromatic heterocycles. The van der Waals surface area contributed by atoms with Gasteiger partial charge in [-0.2, -0.15) is 0 Å². The summed E-state index contributed by atoms with van der Waals surface area (Å²) in [6.45, 7) is 7.16. The molecule has 0 radical (unpaired) electrons. The average Bonchev–Trinajstić information content (AvgIpc) is 2.03. The lowest BCUT2D eigenvalue weighted by atomic mass is 10.2. The van der Waals surface area contributed by atoms with Gasteiger partial charge in [-0.25, -0.2) is 0 Å². The molecule has 13 heavy (non-hydrogen) atoms. The van der Waals surface area contributed by atoms with E-state index in [-0.39, 0.29) is 6.10 Å². The number of hydrogen-bond donors (Lipinski definition) is 1. The maximum absolute atomic E-state index is 11.4. The standard InChI is InChI=1S/C9H21NO2S/c1-8(2)12-4-5-13(11)7-9(3)6-10/h8-9H,4-7,10H2,1-3H3. The smallest absolute Gasteiger partial charge is 0.0585 e. The second kappa shape index (κ2) is 7.47. The van der Waals surface area contributed by atoms with E-state index in [9.17, 15) is 4.21 Å². The lowest BCUT2D eigenvalue weighted by Crippen LogP contribution is -2.21. The van der Waals surface area contributed by atoms with Crippen LogP contribution in [0.1, 0.15) is 20.8 Å².